The number of aromatic nitrogens is 8. The molecule has 0 radical (unpaired) electrons. The highest BCUT2D eigenvalue weighted by atomic mass is 32.1. The van der Waals surface area contributed by atoms with E-state index in [1.54, 1.807) is 0 Å². The smallest absolute Gasteiger partial charge is 0.136 e. The SMILES string of the molecule is CC(C)(C)c1nc(-c2cccc3oc4ccccc4c23)cc(-c2cccc3oc4ccccc4c23)n1.CC(C)(C)c1nc(-c2ccccc2)cc(-c2ccc3c(c2)sc2ccccc23)n1.CC(C)(C)c1nc(-c2ccccc2)cc(-c2cccc(-c3ccccc3)c2)n1.CC(C)(C)c1nc(-c2ccccc2)cc(-c2cccc3oc4ccccc4c23)n1. The Kier molecular flexibility index (Phi) is 21.0. The van der Waals surface area contributed by atoms with Crippen LogP contribution < -0.4 is 0 Å². The number of benzene rings is 13. The molecule has 0 amide bonds. The summed E-state index contributed by atoms with van der Waals surface area (Å²) in [5.41, 5.74) is 23.1. The predicted octanol–water partition coefficient (Wildman–Crippen LogP) is 30.2. The van der Waals surface area contributed by atoms with E-state index in [1.165, 1.54) is 31.3 Å². The molecule has 8 heterocycles. The first-order chi connectivity index (χ1) is 59.0. The number of hydrogen-bond donors (Lipinski definition) is 0. The van der Waals surface area contributed by atoms with E-state index in [2.05, 4.69) is 283 Å². The van der Waals surface area contributed by atoms with Gasteiger partial charge in [-0.05, 0) is 90.0 Å². The number of nitrogens with zero attached hydrogens (tertiary/aromatic N) is 8. The minimum absolute atomic E-state index is 0.124. The Balaban J connectivity index is 0.000000112. The molecule has 12 heteroatoms. The molecule has 122 heavy (non-hydrogen) atoms. The molecule has 0 fully saturated rings. The normalized spacial score (nSPS) is 11.9. The molecule has 0 unspecified atom stereocenters. The zero-order valence-electron chi connectivity index (χ0n) is 70.5. The van der Waals surface area contributed by atoms with E-state index in [0.29, 0.717) is 0 Å². The lowest BCUT2D eigenvalue weighted by molar-refractivity contribution is 0.546. The molecule has 0 aliphatic heterocycles. The third-order valence-corrected chi connectivity index (χ3v) is 22.9. The molecule has 21 aromatic rings. The van der Waals surface area contributed by atoms with Crippen LogP contribution in [-0.4, -0.2) is 39.9 Å². The molecule has 8 aromatic heterocycles. The topological polar surface area (TPSA) is 143 Å². The lowest BCUT2D eigenvalue weighted by Gasteiger charge is -2.19. The average molecular weight is 1610 g/mol. The largest absolute Gasteiger partial charge is 0.456 e. The van der Waals surface area contributed by atoms with Gasteiger partial charge >= 0.3 is 0 Å². The number of thiophene rings is 1. The second-order valence-electron chi connectivity index (χ2n) is 35.0. The Morgan fingerprint density at radius 1 is 0.189 bits per heavy atom. The van der Waals surface area contributed by atoms with E-state index >= 15 is 0 Å². The van der Waals surface area contributed by atoms with E-state index in [0.717, 1.165) is 179 Å². The van der Waals surface area contributed by atoms with Gasteiger partial charge in [0.15, 0.2) is 0 Å². The van der Waals surface area contributed by atoms with Gasteiger partial charge in [-0.1, -0.05) is 344 Å². The summed E-state index contributed by atoms with van der Waals surface area (Å²) in [6.45, 7) is 25.8. The maximum absolute atomic E-state index is 6.17. The van der Waals surface area contributed by atoms with Crippen LogP contribution in [0.3, 0.4) is 0 Å². The van der Waals surface area contributed by atoms with Crippen LogP contribution in [0.25, 0.3) is 187 Å². The fourth-order valence-electron chi connectivity index (χ4n) is 15.4. The van der Waals surface area contributed by atoms with Crippen molar-refractivity contribution in [2.75, 3.05) is 0 Å². The minimum atomic E-state index is -0.233. The van der Waals surface area contributed by atoms with Crippen molar-refractivity contribution in [1.82, 2.24) is 39.9 Å². The van der Waals surface area contributed by atoms with Gasteiger partial charge in [-0.15, -0.1) is 11.3 Å². The van der Waals surface area contributed by atoms with Gasteiger partial charge in [0.05, 0.1) is 45.6 Å². The molecule has 0 aliphatic rings. The monoisotopic (exact) mass is 1600 g/mol. The van der Waals surface area contributed by atoms with Gasteiger partial charge in [0.2, 0.25) is 0 Å². The van der Waals surface area contributed by atoms with Crippen molar-refractivity contribution in [2.45, 2.75) is 105 Å². The molecule has 21 rings (SSSR count). The van der Waals surface area contributed by atoms with Crippen LogP contribution >= 0.6 is 11.3 Å². The number of furan rings is 3. The van der Waals surface area contributed by atoms with Gasteiger partial charge in [0, 0.05) is 119 Å². The summed E-state index contributed by atoms with van der Waals surface area (Å²) < 4.78 is 21.0. The van der Waals surface area contributed by atoms with Crippen molar-refractivity contribution >= 4 is 97.3 Å². The summed E-state index contributed by atoms with van der Waals surface area (Å²) in [6.07, 6.45) is 0. The summed E-state index contributed by atoms with van der Waals surface area (Å²) in [6, 6.07) is 117. The van der Waals surface area contributed by atoms with E-state index in [1.807, 2.05) is 151 Å². The first kappa shape index (κ1) is 78.9. The quantitative estimate of drug-likeness (QED) is 0.136. The maximum atomic E-state index is 6.17. The van der Waals surface area contributed by atoms with Crippen LogP contribution in [0.15, 0.2) is 353 Å². The summed E-state index contributed by atoms with van der Waals surface area (Å²) in [7, 11) is 0. The van der Waals surface area contributed by atoms with Crippen molar-refractivity contribution in [2.24, 2.45) is 0 Å². The molecule has 0 N–H and O–H groups in total. The second-order valence-corrected chi connectivity index (χ2v) is 36.1. The van der Waals surface area contributed by atoms with Crippen LogP contribution in [0, 0.1) is 0 Å². The lowest BCUT2D eigenvalue weighted by Crippen LogP contribution is -2.17. The Morgan fingerprint density at radius 2 is 0.451 bits per heavy atom. The molecule has 0 saturated carbocycles. The maximum Gasteiger partial charge on any atom is 0.136 e. The van der Waals surface area contributed by atoms with Crippen LogP contribution in [-0.2, 0) is 21.7 Å². The van der Waals surface area contributed by atoms with Crippen LogP contribution in [0.4, 0.5) is 0 Å². The van der Waals surface area contributed by atoms with Crippen molar-refractivity contribution in [3.05, 3.63) is 363 Å². The van der Waals surface area contributed by atoms with Crippen LogP contribution in [0.5, 0.6) is 0 Å². The summed E-state index contributed by atoms with van der Waals surface area (Å²) >= 11 is 1.84. The van der Waals surface area contributed by atoms with Crippen LogP contribution in [0.1, 0.15) is 106 Å². The van der Waals surface area contributed by atoms with E-state index in [9.17, 15) is 0 Å². The van der Waals surface area contributed by atoms with Gasteiger partial charge in [-0.25, -0.2) is 39.9 Å². The molecular formula is C110H92N8O3S. The Morgan fingerprint density at radius 3 is 0.828 bits per heavy atom. The van der Waals surface area contributed by atoms with E-state index in [4.69, 9.17) is 53.1 Å². The summed E-state index contributed by atoms with van der Waals surface area (Å²) in [4.78, 5) is 39.7. The molecule has 0 atom stereocenters. The average Bonchev–Trinajstić information content (AvgIpc) is 1.57. The molecule has 596 valence electrons. The zero-order chi connectivity index (χ0) is 84.0. The van der Waals surface area contributed by atoms with Gasteiger partial charge in [-0.3, -0.25) is 0 Å². The van der Waals surface area contributed by atoms with E-state index < -0.39 is 0 Å². The number of hydrogen-bond acceptors (Lipinski definition) is 12. The molecule has 0 spiro atoms. The standard InChI is InChI=1S/C32H24N2O2.C26H22N2O.C26H22N2S.C26H24N2/c1-32(2,3)31-33-23(19-12-8-16-27-29(19)21-10-4-6-14-25(21)35-27)18-24(34-31)20-13-9-17-28-30(20)22-11-5-7-15-26(22)36-28;1-26(2,3)25-27-20(17-10-5-4-6-11-17)16-21(28-25)18-13-9-15-23-24(18)19-12-7-8-14-22(19)29-23;1-26(2,3)25-27-21(17-9-5-4-6-10-17)16-22(28-25)18-13-14-20-19-11-7-8-12-23(19)29-24(20)15-18;1-26(2,3)25-27-23(20-13-8-5-9-14-20)18-24(28-25)22-16-10-15-21(17-22)19-11-6-4-7-12-19/h4-18H,1-3H3;2*4-16H,1-3H3;4-18H,1-3H3. The number of rotatable bonds is 9. The molecule has 13 aromatic carbocycles. The van der Waals surface area contributed by atoms with Crippen LogP contribution in [0.2, 0.25) is 0 Å². The van der Waals surface area contributed by atoms with Crippen molar-refractivity contribution in [3.8, 4) is 101 Å². The minimum Gasteiger partial charge on any atom is -0.456 e. The fourth-order valence-corrected chi connectivity index (χ4v) is 16.6. The Bertz CT molecular complexity index is 7300. The molecule has 0 saturated heterocycles. The second kappa shape index (κ2) is 32.5. The zero-order valence-corrected chi connectivity index (χ0v) is 71.4. The molecular weight excluding hydrogens is 1510 g/mol. The molecule has 11 nitrogen and oxygen atoms in total. The lowest BCUT2D eigenvalue weighted by atomic mass is 9.94. The fraction of sp³-hybridized carbons (Fsp3) is 0.145. The van der Waals surface area contributed by atoms with Crippen molar-refractivity contribution in [1.29, 1.82) is 0 Å². The molecule has 0 bridgehead atoms. The van der Waals surface area contributed by atoms with Gasteiger partial charge < -0.3 is 13.3 Å². The molecule has 0 aliphatic carbocycles. The highest BCUT2D eigenvalue weighted by molar-refractivity contribution is 7.25. The number of fused-ring (bicyclic) bond motifs is 12. The first-order valence-corrected chi connectivity index (χ1v) is 42.3. The first-order valence-electron chi connectivity index (χ1n) is 41.5. The summed E-state index contributed by atoms with van der Waals surface area (Å²) in [5, 5.41) is 9.15. The third-order valence-electron chi connectivity index (χ3n) is 21.8. The Labute approximate surface area is 714 Å². The van der Waals surface area contributed by atoms with Gasteiger partial charge in [0.1, 0.15) is 56.8 Å². The van der Waals surface area contributed by atoms with Crippen molar-refractivity contribution in [3.63, 3.8) is 0 Å². The van der Waals surface area contributed by atoms with Gasteiger partial charge in [0.25, 0.3) is 0 Å². The van der Waals surface area contributed by atoms with Crippen molar-refractivity contribution < 1.29 is 13.3 Å². The summed E-state index contributed by atoms with van der Waals surface area (Å²) in [5.74, 6) is 3.35. The van der Waals surface area contributed by atoms with E-state index in [-0.39, 0.29) is 21.7 Å². The third kappa shape index (κ3) is 16.3. The highest BCUT2D eigenvalue weighted by Gasteiger charge is 2.28. The van der Waals surface area contributed by atoms with Gasteiger partial charge in [-0.2, -0.15) is 0 Å². The number of para-hydroxylation sites is 3. The predicted molar refractivity (Wildman–Crippen MR) is 507 cm³/mol. The Hall–Kier alpha value is -14.2. The highest BCUT2D eigenvalue weighted by Crippen LogP contribution is 2.44.